The Morgan fingerprint density at radius 2 is 2.20 bits per heavy atom. The first kappa shape index (κ1) is 10.2. The van der Waals surface area contributed by atoms with Crippen LogP contribution in [0.25, 0.3) is 0 Å². The minimum absolute atomic E-state index is 0.191. The summed E-state index contributed by atoms with van der Waals surface area (Å²) in [7, 11) is -3.16. The molecule has 0 radical (unpaired) electrons. The molecule has 0 saturated carbocycles. The highest BCUT2D eigenvalue weighted by atomic mass is 32.2. The van der Waals surface area contributed by atoms with Gasteiger partial charge in [0.05, 0.1) is 22.3 Å². The van der Waals surface area contributed by atoms with Crippen molar-refractivity contribution in [1.29, 1.82) is 5.26 Å². The Morgan fingerprint density at radius 1 is 1.47 bits per heavy atom. The van der Waals surface area contributed by atoms with Crippen LogP contribution in [0.15, 0.2) is 23.1 Å². The second-order valence-electron chi connectivity index (χ2n) is 3.87. The van der Waals surface area contributed by atoms with E-state index in [1.807, 2.05) is 13.0 Å². The van der Waals surface area contributed by atoms with Crippen LogP contribution in [0.4, 0.5) is 0 Å². The van der Waals surface area contributed by atoms with Crippen molar-refractivity contribution in [2.75, 3.05) is 5.75 Å². The van der Waals surface area contributed by atoms with Crippen molar-refractivity contribution in [1.82, 2.24) is 0 Å². The number of fused-ring (bicyclic) bond motifs is 1. The molecule has 78 valence electrons. The van der Waals surface area contributed by atoms with E-state index in [0.29, 0.717) is 16.9 Å². The van der Waals surface area contributed by atoms with Crippen LogP contribution in [-0.4, -0.2) is 14.2 Å². The van der Waals surface area contributed by atoms with Crippen molar-refractivity contribution >= 4 is 9.84 Å². The van der Waals surface area contributed by atoms with E-state index in [2.05, 4.69) is 0 Å². The molecule has 0 saturated heterocycles. The average Bonchev–Trinajstić information content (AvgIpc) is 2.24. The van der Waals surface area contributed by atoms with Gasteiger partial charge in [0.2, 0.25) is 0 Å². The SMILES string of the molecule is CC1CCS(=O)(=O)c2cc(C#N)ccc21. The fourth-order valence-electron chi connectivity index (χ4n) is 1.88. The van der Waals surface area contributed by atoms with Gasteiger partial charge in [0.15, 0.2) is 9.84 Å². The van der Waals surface area contributed by atoms with E-state index >= 15 is 0 Å². The maximum atomic E-state index is 11.8. The molecule has 4 heteroatoms. The van der Waals surface area contributed by atoms with Gasteiger partial charge < -0.3 is 0 Å². The molecule has 2 rings (SSSR count). The van der Waals surface area contributed by atoms with E-state index in [1.165, 1.54) is 6.07 Å². The second-order valence-corrected chi connectivity index (χ2v) is 5.95. The molecule has 1 aliphatic heterocycles. The highest BCUT2D eigenvalue weighted by Crippen LogP contribution is 2.33. The summed E-state index contributed by atoms with van der Waals surface area (Å²) in [5.41, 5.74) is 1.26. The van der Waals surface area contributed by atoms with Gasteiger partial charge in [0.1, 0.15) is 0 Å². The Kier molecular flexibility index (Phi) is 2.28. The zero-order valence-electron chi connectivity index (χ0n) is 8.40. The zero-order chi connectivity index (χ0) is 11.1. The Balaban J connectivity index is 2.71. The number of nitriles is 1. The molecule has 0 bridgehead atoms. The number of nitrogens with zero attached hydrogens (tertiary/aromatic N) is 1. The first-order valence-corrected chi connectivity index (χ1v) is 6.46. The molecule has 1 atom stereocenters. The number of sulfone groups is 1. The summed E-state index contributed by atoms with van der Waals surface area (Å²) in [5.74, 6) is 0.451. The van der Waals surface area contributed by atoms with Gasteiger partial charge in [-0.3, -0.25) is 0 Å². The maximum Gasteiger partial charge on any atom is 0.178 e. The monoisotopic (exact) mass is 221 g/mol. The summed E-state index contributed by atoms with van der Waals surface area (Å²) < 4.78 is 23.6. The number of hydrogen-bond donors (Lipinski definition) is 0. The molecular weight excluding hydrogens is 210 g/mol. The van der Waals surface area contributed by atoms with Crippen molar-refractivity contribution in [2.24, 2.45) is 0 Å². The summed E-state index contributed by atoms with van der Waals surface area (Å²) in [5, 5.41) is 8.73. The summed E-state index contributed by atoms with van der Waals surface area (Å²) >= 11 is 0. The van der Waals surface area contributed by atoms with Crippen molar-refractivity contribution < 1.29 is 8.42 Å². The van der Waals surface area contributed by atoms with E-state index in [9.17, 15) is 8.42 Å². The number of benzene rings is 1. The predicted molar refractivity (Wildman–Crippen MR) is 56.2 cm³/mol. The second kappa shape index (κ2) is 3.35. The molecule has 15 heavy (non-hydrogen) atoms. The van der Waals surface area contributed by atoms with Gasteiger partial charge in [0.25, 0.3) is 0 Å². The lowest BCUT2D eigenvalue weighted by Gasteiger charge is -2.22. The third kappa shape index (κ3) is 1.64. The third-order valence-corrected chi connectivity index (χ3v) is 4.63. The van der Waals surface area contributed by atoms with Gasteiger partial charge in [-0.05, 0) is 30.0 Å². The van der Waals surface area contributed by atoms with Crippen LogP contribution >= 0.6 is 0 Å². The van der Waals surface area contributed by atoms with Crippen LogP contribution < -0.4 is 0 Å². The minimum atomic E-state index is -3.16. The van der Waals surface area contributed by atoms with Gasteiger partial charge in [0, 0.05) is 0 Å². The largest absolute Gasteiger partial charge is 0.224 e. The first-order valence-electron chi connectivity index (χ1n) is 4.81. The molecule has 0 spiro atoms. The standard InChI is InChI=1S/C11H11NO2S/c1-8-4-5-15(13,14)11-6-9(7-12)2-3-10(8)11/h2-3,6,8H,4-5H2,1H3. The van der Waals surface area contributed by atoms with Crippen molar-refractivity contribution in [3.05, 3.63) is 29.3 Å². The minimum Gasteiger partial charge on any atom is -0.224 e. The molecule has 1 unspecified atom stereocenters. The van der Waals surface area contributed by atoms with Gasteiger partial charge in [-0.2, -0.15) is 5.26 Å². The van der Waals surface area contributed by atoms with E-state index in [4.69, 9.17) is 5.26 Å². The highest BCUT2D eigenvalue weighted by Gasteiger charge is 2.27. The van der Waals surface area contributed by atoms with Crippen LogP contribution in [0.1, 0.15) is 30.4 Å². The highest BCUT2D eigenvalue weighted by molar-refractivity contribution is 7.91. The Morgan fingerprint density at radius 3 is 2.87 bits per heavy atom. The fourth-order valence-corrected chi connectivity index (χ4v) is 3.70. The molecule has 1 aromatic rings. The molecule has 1 aliphatic rings. The van der Waals surface area contributed by atoms with Gasteiger partial charge >= 0.3 is 0 Å². The fraction of sp³-hybridized carbons (Fsp3) is 0.364. The predicted octanol–water partition coefficient (Wildman–Crippen LogP) is 1.84. The smallest absolute Gasteiger partial charge is 0.178 e. The molecular formula is C11H11NO2S. The Hall–Kier alpha value is -1.34. The molecule has 0 amide bonds. The topological polar surface area (TPSA) is 57.9 Å². The number of rotatable bonds is 0. The van der Waals surface area contributed by atoms with Gasteiger partial charge in [-0.15, -0.1) is 0 Å². The molecule has 3 nitrogen and oxygen atoms in total. The lowest BCUT2D eigenvalue weighted by molar-refractivity contribution is 0.574. The van der Waals surface area contributed by atoms with Gasteiger partial charge in [-0.25, -0.2) is 8.42 Å². The normalized spacial score (nSPS) is 22.8. The quantitative estimate of drug-likeness (QED) is 0.671. The summed E-state index contributed by atoms with van der Waals surface area (Å²) in [4.78, 5) is 0.348. The molecule has 1 aromatic carbocycles. The van der Waals surface area contributed by atoms with Crippen LogP contribution in [0.2, 0.25) is 0 Å². The zero-order valence-corrected chi connectivity index (χ0v) is 9.21. The third-order valence-electron chi connectivity index (χ3n) is 2.83. The van der Waals surface area contributed by atoms with Crippen molar-refractivity contribution in [3.8, 4) is 6.07 Å². The van der Waals surface area contributed by atoms with Gasteiger partial charge in [-0.1, -0.05) is 13.0 Å². The lowest BCUT2D eigenvalue weighted by atomic mass is 9.97. The Labute approximate surface area is 89.3 Å². The summed E-state index contributed by atoms with van der Waals surface area (Å²) in [6, 6.07) is 6.89. The van der Waals surface area contributed by atoms with E-state index in [1.54, 1.807) is 12.1 Å². The van der Waals surface area contributed by atoms with Crippen LogP contribution in [0.3, 0.4) is 0 Å². The molecule has 0 N–H and O–H groups in total. The Bertz CT molecular complexity index is 540. The summed E-state index contributed by atoms with van der Waals surface area (Å²) in [6.45, 7) is 2.01. The van der Waals surface area contributed by atoms with Crippen LogP contribution in [-0.2, 0) is 9.84 Å². The lowest BCUT2D eigenvalue weighted by Crippen LogP contribution is -2.18. The molecule has 0 aromatic heterocycles. The van der Waals surface area contributed by atoms with Crippen molar-refractivity contribution in [3.63, 3.8) is 0 Å². The van der Waals surface area contributed by atoms with Crippen molar-refractivity contribution in [2.45, 2.75) is 24.2 Å². The molecule has 1 heterocycles. The summed E-state index contributed by atoms with van der Waals surface area (Å²) in [6.07, 6.45) is 0.668. The van der Waals surface area contributed by atoms with E-state index in [-0.39, 0.29) is 11.7 Å². The van der Waals surface area contributed by atoms with Crippen LogP contribution in [0.5, 0.6) is 0 Å². The average molecular weight is 221 g/mol. The van der Waals surface area contributed by atoms with E-state index < -0.39 is 9.84 Å². The molecule has 0 fully saturated rings. The number of hydrogen-bond acceptors (Lipinski definition) is 3. The van der Waals surface area contributed by atoms with Crippen LogP contribution in [0, 0.1) is 11.3 Å². The van der Waals surface area contributed by atoms with E-state index in [0.717, 1.165) is 5.56 Å². The maximum absolute atomic E-state index is 11.8. The molecule has 0 aliphatic carbocycles. The first-order chi connectivity index (χ1) is 7.04.